The molecule has 0 spiro atoms. The highest BCUT2D eigenvalue weighted by Crippen LogP contribution is 2.34. The first-order chi connectivity index (χ1) is 6.18. The number of rotatable bonds is 1. The maximum atomic E-state index is 5.11. The zero-order chi connectivity index (χ0) is 9.42. The van der Waals surface area contributed by atoms with Gasteiger partial charge in [0.25, 0.3) is 0 Å². The number of hydrogen-bond acceptors (Lipinski definition) is 3. The van der Waals surface area contributed by atoms with Gasteiger partial charge in [0.2, 0.25) is 0 Å². The molecular formula is C9H9NS3. The van der Waals surface area contributed by atoms with E-state index in [4.69, 9.17) is 12.2 Å². The van der Waals surface area contributed by atoms with Gasteiger partial charge in [-0.25, -0.2) is 0 Å². The molecule has 4 heteroatoms. The summed E-state index contributed by atoms with van der Waals surface area (Å²) >= 11 is 8.54. The summed E-state index contributed by atoms with van der Waals surface area (Å²) in [5.41, 5.74) is 2.51. The molecule has 0 saturated heterocycles. The first-order valence-corrected chi connectivity index (χ1v) is 6.03. The zero-order valence-corrected chi connectivity index (χ0v) is 9.83. The molecule has 0 aliphatic heterocycles. The molecule has 1 N–H and O–H groups in total. The minimum Gasteiger partial charge on any atom is -0.341 e. The topological polar surface area (TPSA) is 15.8 Å². The fourth-order valence-electron chi connectivity index (χ4n) is 1.23. The molecule has 0 radical (unpaired) electrons. The van der Waals surface area contributed by atoms with E-state index in [-0.39, 0.29) is 0 Å². The van der Waals surface area contributed by atoms with Gasteiger partial charge >= 0.3 is 0 Å². The van der Waals surface area contributed by atoms with Crippen LogP contribution in [0.5, 0.6) is 0 Å². The van der Waals surface area contributed by atoms with E-state index in [1.54, 1.807) is 22.7 Å². The fourth-order valence-corrected chi connectivity index (χ4v) is 3.67. The van der Waals surface area contributed by atoms with Crippen LogP contribution in [0.25, 0.3) is 9.75 Å². The van der Waals surface area contributed by atoms with Crippen LogP contribution in [0.4, 0.5) is 0 Å². The monoisotopic (exact) mass is 227 g/mol. The van der Waals surface area contributed by atoms with E-state index in [9.17, 15) is 0 Å². The number of aryl methyl sites for hydroxylation is 2. The van der Waals surface area contributed by atoms with Crippen LogP contribution in [0.2, 0.25) is 0 Å². The molecular weight excluding hydrogens is 218 g/mol. The van der Waals surface area contributed by atoms with E-state index in [0.717, 1.165) is 3.95 Å². The quantitative estimate of drug-likeness (QED) is 0.724. The number of aromatic nitrogens is 1. The Labute approximate surface area is 90.1 Å². The van der Waals surface area contributed by atoms with Crippen molar-refractivity contribution in [2.75, 3.05) is 0 Å². The minimum absolute atomic E-state index is 0.861. The Morgan fingerprint density at radius 3 is 2.54 bits per heavy atom. The van der Waals surface area contributed by atoms with Crippen molar-refractivity contribution in [3.63, 3.8) is 0 Å². The normalized spacial score (nSPS) is 10.6. The van der Waals surface area contributed by atoms with E-state index in [2.05, 4.69) is 30.3 Å². The summed E-state index contributed by atoms with van der Waals surface area (Å²) in [7, 11) is 0. The van der Waals surface area contributed by atoms with Crippen molar-refractivity contribution in [2.24, 2.45) is 0 Å². The number of H-pyrrole nitrogens is 1. The number of thiophene rings is 1. The molecule has 2 rings (SSSR count). The predicted molar refractivity (Wildman–Crippen MR) is 62.3 cm³/mol. The molecule has 1 nitrogen and oxygen atoms in total. The molecule has 0 aliphatic carbocycles. The molecule has 13 heavy (non-hydrogen) atoms. The van der Waals surface area contributed by atoms with Gasteiger partial charge < -0.3 is 4.98 Å². The van der Waals surface area contributed by atoms with Crippen LogP contribution in [0.15, 0.2) is 11.4 Å². The van der Waals surface area contributed by atoms with Crippen LogP contribution in [-0.2, 0) is 0 Å². The summed E-state index contributed by atoms with van der Waals surface area (Å²) in [5.74, 6) is 0. The van der Waals surface area contributed by atoms with Crippen LogP contribution in [0.1, 0.15) is 11.3 Å². The second-order valence-corrected chi connectivity index (χ2v) is 5.50. The standard InChI is InChI=1S/C9H9NS3/c1-5-3-4-12-7(5)8-6(2)10-9(11)13-8/h3-4H,1-2H3,(H,10,11). The molecule has 2 aromatic heterocycles. The van der Waals surface area contributed by atoms with Crippen molar-refractivity contribution in [1.29, 1.82) is 0 Å². The van der Waals surface area contributed by atoms with Gasteiger partial charge in [-0.05, 0) is 43.1 Å². The third-order valence-corrected chi connectivity index (χ3v) is 4.41. The lowest BCUT2D eigenvalue weighted by molar-refractivity contribution is 1.25. The molecule has 0 fully saturated rings. The first kappa shape index (κ1) is 9.12. The van der Waals surface area contributed by atoms with Gasteiger partial charge in [-0.15, -0.1) is 22.7 Å². The van der Waals surface area contributed by atoms with Gasteiger partial charge in [-0.2, -0.15) is 0 Å². The van der Waals surface area contributed by atoms with Gasteiger partial charge in [0, 0.05) is 10.6 Å². The van der Waals surface area contributed by atoms with Gasteiger partial charge in [-0.1, -0.05) is 0 Å². The van der Waals surface area contributed by atoms with E-state index in [0.29, 0.717) is 0 Å². The molecule has 0 unspecified atom stereocenters. The molecule has 2 aromatic rings. The second-order valence-electron chi connectivity index (χ2n) is 2.90. The number of thiazole rings is 1. The minimum atomic E-state index is 0.861. The fraction of sp³-hybridized carbons (Fsp3) is 0.222. The summed E-state index contributed by atoms with van der Waals surface area (Å²) in [6.07, 6.45) is 0. The van der Waals surface area contributed by atoms with Crippen LogP contribution >= 0.6 is 34.9 Å². The smallest absolute Gasteiger partial charge is 0.159 e. The van der Waals surface area contributed by atoms with Crippen molar-refractivity contribution in [1.82, 2.24) is 4.98 Å². The lowest BCUT2D eigenvalue weighted by Gasteiger charge is -1.95. The van der Waals surface area contributed by atoms with Crippen LogP contribution in [-0.4, -0.2) is 4.98 Å². The SMILES string of the molecule is Cc1ccsc1-c1sc(=S)[nH]c1C. The number of aromatic amines is 1. The van der Waals surface area contributed by atoms with Gasteiger partial charge in [0.15, 0.2) is 3.95 Å². The first-order valence-electron chi connectivity index (χ1n) is 3.92. The third-order valence-electron chi connectivity index (χ3n) is 1.89. The predicted octanol–water partition coefficient (Wildman–Crippen LogP) is 4.15. The maximum absolute atomic E-state index is 5.11. The van der Waals surface area contributed by atoms with E-state index in [1.807, 2.05) is 0 Å². The Balaban J connectivity index is 2.65. The van der Waals surface area contributed by atoms with Crippen molar-refractivity contribution in [2.45, 2.75) is 13.8 Å². The van der Waals surface area contributed by atoms with Crippen molar-refractivity contribution in [3.05, 3.63) is 26.7 Å². The second kappa shape index (κ2) is 3.36. The molecule has 2 heterocycles. The third kappa shape index (κ3) is 1.61. The van der Waals surface area contributed by atoms with Crippen LogP contribution in [0, 0.1) is 17.8 Å². The average molecular weight is 227 g/mol. The Hall–Kier alpha value is -0.450. The van der Waals surface area contributed by atoms with Gasteiger partial charge in [0.05, 0.1) is 4.88 Å². The molecule has 68 valence electrons. The largest absolute Gasteiger partial charge is 0.341 e. The maximum Gasteiger partial charge on any atom is 0.159 e. The molecule has 0 aliphatic rings. The summed E-state index contributed by atoms with van der Waals surface area (Å²) in [4.78, 5) is 5.79. The summed E-state index contributed by atoms with van der Waals surface area (Å²) < 4.78 is 0.861. The molecule has 0 bridgehead atoms. The Kier molecular flexibility index (Phi) is 2.36. The summed E-state index contributed by atoms with van der Waals surface area (Å²) in [6, 6.07) is 2.14. The Bertz CT molecular complexity index is 475. The number of hydrogen-bond donors (Lipinski definition) is 1. The van der Waals surface area contributed by atoms with E-state index < -0.39 is 0 Å². The van der Waals surface area contributed by atoms with Crippen molar-refractivity contribution >= 4 is 34.9 Å². The zero-order valence-electron chi connectivity index (χ0n) is 7.38. The molecule has 0 aromatic carbocycles. The molecule has 0 amide bonds. The molecule has 0 atom stereocenters. The van der Waals surface area contributed by atoms with Crippen LogP contribution < -0.4 is 0 Å². The lowest BCUT2D eigenvalue weighted by atomic mass is 10.2. The average Bonchev–Trinajstić information content (AvgIpc) is 2.58. The highest BCUT2D eigenvalue weighted by atomic mass is 32.1. The van der Waals surface area contributed by atoms with E-state index >= 15 is 0 Å². The van der Waals surface area contributed by atoms with Crippen LogP contribution in [0.3, 0.4) is 0 Å². The Morgan fingerprint density at radius 1 is 1.31 bits per heavy atom. The highest BCUT2D eigenvalue weighted by Gasteiger charge is 2.08. The summed E-state index contributed by atoms with van der Waals surface area (Å²) in [5, 5.41) is 2.12. The van der Waals surface area contributed by atoms with Crippen molar-refractivity contribution < 1.29 is 0 Å². The Morgan fingerprint density at radius 2 is 2.08 bits per heavy atom. The van der Waals surface area contributed by atoms with Crippen molar-refractivity contribution in [3.8, 4) is 9.75 Å². The molecule has 0 saturated carbocycles. The summed E-state index contributed by atoms with van der Waals surface area (Å²) in [6.45, 7) is 4.20. The lowest BCUT2D eigenvalue weighted by Crippen LogP contribution is -1.75. The van der Waals surface area contributed by atoms with Gasteiger partial charge in [-0.3, -0.25) is 0 Å². The van der Waals surface area contributed by atoms with Gasteiger partial charge in [0.1, 0.15) is 0 Å². The van der Waals surface area contributed by atoms with E-state index in [1.165, 1.54) is 21.0 Å². The number of nitrogens with one attached hydrogen (secondary N) is 1. The highest BCUT2D eigenvalue weighted by molar-refractivity contribution is 7.73.